The summed E-state index contributed by atoms with van der Waals surface area (Å²) in [5, 5.41) is 2.86. The minimum absolute atomic E-state index is 0.298. The van der Waals surface area contributed by atoms with Gasteiger partial charge in [0.25, 0.3) is 5.91 Å². The molecular weight excluding hydrogens is 332 g/mol. The van der Waals surface area contributed by atoms with Gasteiger partial charge in [0.15, 0.2) is 0 Å². The number of anilines is 2. The van der Waals surface area contributed by atoms with Crippen LogP contribution in [0.2, 0.25) is 0 Å². The highest BCUT2D eigenvalue weighted by atomic mass is 16.5. The third-order valence-electron chi connectivity index (χ3n) is 4.49. The van der Waals surface area contributed by atoms with Gasteiger partial charge in [-0.25, -0.2) is 4.98 Å². The number of amides is 1. The first-order chi connectivity index (χ1) is 12.6. The third kappa shape index (κ3) is 3.88. The molecule has 138 valence electrons. The standard InChI is InChI=1S/C19H24N4O3/c1-22-9-11-23(12-10-22)17-8-7-14(13-20-17)21-19(24)18-15(25-2)5-4-6-16(18)26-3/h4-8,13H,9-12H2,1-3H3,(H,21,24). The summed E-state index contributed by atoms with van der Waals surface area (Å²) >= 11 is 0. The van der Waals surface area contributed by atoms with Crippen LogP contribution < -0.4 is 19.7 Å². The Bertz CT molecular complexity index is 734. The van der Waals surface area contributed by atoms with Crippen LogP contribution in [-0.2, 0) is 0 Å². The Morgan fingerprint density at radius 2 is 1.69 bits per heavy atom. The number of methoxy groups -OCH3 is 2. The van der Waals surface area contributed by atoms with Crippen LogP contribution in [0.4, 0.5) is 11.5 Å². The number of benzene rings is 1. The van der Waals surface area contributed by atoms with Crippen LogP contribution in [0.15, 0.2) is 36.5 Å². The SMILES string of the molecule is COc1cccc(OC)c1C(=O)Nc1ccc(N2CCN(C)CC2)nc1. The second-order valence-electron chi connectivity index (χ2n) is 6.19. The van der Waals surface area contributed by atoms with Gasteiger partial charge in [0.1, 0.15) is 22.9 Å². The van der Waals surface area contributed by atoms with E-state index in [1.807, 2.05) is 12.1 Å². The molecule has 2 heterocycles. The van der Waals surface area contributed by atoms with E-state index in [1.165, 1.54) is 14.2 Å². The van der Waals surface area contributed by atoms with E-state index in [0.717, 1.165) is 32.0 Å². The molecule has 1 N–H and O–H groups in total. The fourth-order valence-electron chi connectivity index (χ4n) is 2.95. The number of ether oxygens (including phenoxy) is 2. The van der Waals surface area contributed by atoms with Crippen molar-refractivity contribution >= 4 is 17.4 Å². The predicted molar refractivity (Wildman–Crippen MR) is 101 cm³/mol. The number of nitrogens with one attached hydrogen (secondary N) is 1. The highest BCUT2D eigenvalue weighted by Crippen LogP contribution is 2.29. The molecule has 0 atom stereocenters. The molecule has 0 spiro atoms. The monoisotopic (exact) mass is 356 g/mol. The third-order valence-corrected chi connectivity index (χ3v) is 4.49. The van der Waals surface area contributed by atoms with Crippen molar-refractivity contribution in [1.82, 2.24) is 9.88 Å². The first-order valence-corrected chi connectivity index (χ1v) is 8.54. The number of carbonyl (C=O) groups excluding carboxylic acids is 1. The molecule has 1 aliphatic rings. The van der Waals surface area contributed by atoms with Gasteiger partial charge in [0.2, 0.25) is 0 Å². The van der Waals surface area contributed by atoms with E-state index in [0.29, 0.717) is 22.7 Å². The average Bonchev–Trinajstić information content (AvgIpc) is 2.68. The van der Waals surface area contributed by atoms with Crippen LogP contribution in [0, 0.1) is 0 Å². The highest BCUT2D eigenvalue weighted by Gasteiger charge is 2.19. The second-order valence-corrected chi connectivity index (χ2v) is 6.19. The van der Waals surface area contributed by atoms with E-state index in [-0.39, 0.29) is 5.91 Å². The van der Waals surface area contributed by atoms with Crippen molar-refractivity contribution in [1.29, 1.82) is 0 Å². The molecule has 2 aromatic rings. The Morgan fingerprint density at radius 1 is 1.04 bits per heavy atom. The van der Waals surface area contributed by atoms with Crippen molar-refractivity contribution in [3.8, 4) is 11.5 Å². The molecular formula is C19H24N4O3. The van der Waals surface area contributed by atoms with E-state index in [1.54, 1.807) is 24.4 Å². The molecule has 1 aromatic carbocycles. The number of hydrogen-bond acceptors (Lipinski definition) is 6. The highest BCUT2D eigenvalue weighted by molar-refractivity contribution is 6.08. The summed E-state index contributed by atoms with van der Waals surface area (Å²) in [4.78, 5) is 21.7. The second kappa shape index (κ2) is 8.05. The van der Waals surface area contributed by atoms with E-state index >= 15 is 0 Å². The van der Waals surface area contributed by atoms with Gasteiger partial charge in [0, 0.05) is 26.2 Å². The van der Waals surface area contributed by atoms with Crippen LogP contribution >= 0.6 is 0 Å². The largest absolute Gasteiger partial charge is 0.496 e. The fourth-order valence-corrected chi connectivity index (χ4v) is 2.95. The van der Waals surface area contributed by atoms with Crippen LogP contribution in [-0.4, -0.2) is 63.2 Å². The number of piperazine rings is 1. The molecule has 1 aromatic heterocycles. The molecule has 0 bridgehead atoms. The Labute approximate surface area is 153 Å². The molecule has 1 aliphatic heterocycles. The minimum Gasteiger partial charge on any atom is -0.496 e. The number of nitrogens with zero attached hydrogens (tertiary/aromatic N) is 3. The maximum absolute atomic E-state index is 12.7. The smallest absolute Gasteiger partial charge is 0.263 e. The summed E-state index contributed by atoms with van der Waals surface area (Å²) in [6.45, 7) is 3.95. The van der Waals surface area contributed by atoms with E-state index < -0.39 is 0 Å². The maximum atomic E-state index is 12.7. The summed E-state index contributed by atoms with van der Waals surface area (Å²) in [5.41, 5.74) is 0.987. The van der Waals surface area contributed by atoms with Crippen molar-refractivity contribution in [3.05, 3.63) is 42.1 Å². The number of rotatable bonds is 5. The van der Waals surface area contributed by atoms with E-state index in [9.17, 15) is 4.79 Å². The van der Waals surface area contributed by atoms with Crippen LogP contribution in [0.3, 0.4) is 0 Å². The van der Waals surface area contributed by atoms with Crippen molar-refractivity contribution in [3.63, 3.8) is 0 Å². The zero-order valence-electron chi connectivity index (χ0n) is 15.4. The summed E-state index contributed by atoms with van der Waals surface area (Å²) in [6, 6.07) is 9.03. The van der Waals surface area contributed by atoms with E-state index in [2.05, 4.69) is 27.1 Å². The number of pyridine rings is 1. The number of likely N-dealkylation sites (N-methyl/N-ethyl adjacent to an activating group) is 1. The summed E-state index contributed by atoms with van der Waals surface area (Å²) in [5.74, 6) is 1.55. The van der Waals surface area contributed by atoms with Crippen molar-refractivity contribution in [2.75, 3.05) is 57.7 Å². The molecule has 1 amide bonds. The van der Waals surface area contributed by atoms with Gasteiger partial charge >= 0.3 is 0 Å². The van der Waals surface area contributed by atoms with Crippen LogP contribution in [0.25, 0.3) is 0 Å². The molecule has 3 rings (SSSR count). The lowest BCUT2D eigenvalue weighted by atomic mass is 10.1. The Morgan fingerprint density at radius 3 is 2.23 bits per heavy atom. The van der Waals surface area contributed by atoms with Gasteiger partial charge in [-0.15, -0.1) is 0 Å². The van der Waals surface area contributed by atoms with Crippen molar-refractivity contribution in [2.45, 2.75) is 0 Å². The van der Waals surface area contributed by atoms with Gasteiger partial charge in [-0.1, -0.05) is 6.07 Å². The van der Waals surface area contributed by atoms with Crippen molar-refractivity contribution < 1.29 is 14.3 Å². The Hall–Kier alpha value is -2.80. The minimum atomic E-state index is -0.298. The molecule has 26 heavy (non-hydrogen) atoms. The van der Waals surface area contributed by atoms with Gasteiger partial charge in [-0.2, -0.15) is 0 Å². The van der Waals surface area contributed by atoms with Crippen LogP contribution in [0.5, 0.6) is 11.5 Å². The predicted octanol–water partition coefficient (Wildman–Crippen LogP) is 2.10. The quantitative estimate of drug-likeness (QED) is 0.885. The molecule has 7 heteroatoms. The lowest BCUT2D eigenvalue weighted by Crippen LogP contribution is -2.44. The average molecular weight is 356 g/mol. The Balaban J connectivity index is 1.72. The molecule has 7 nitrogen and oxygen atoms in total. The summed E-state index contributed by atoms with van der Waals surface area (Å²) in [7, 11) is 5.17. The molecule has 0 saturated carbocycles. The molecule has 0 radical (unpaired) electrons. The van der Waals surface area contributed by atoms with Crippen molar-refractivity contribution in [2.24, 2.45) is 0 Å². The summed E-state index contributed by atoms with van der Waals surface area (Å²) in [6.07, 6.45) is 1.67. The maximum Gasteiger partial charge on any atom is 0.263 e. The topological polar surface area (TPSA) is 66.9 Å². The van der Waals surface area contributed by atoms with Crippen LogP contribution in [0.1, 0.15) is 10.4 Å². The van der Waals surface area contributed by atoms with Gasteiger partial charge in [-0.3, -0.25) is 4.79 Å². The van der Waals surface area contributed by atoms with Gasteiger partial charge < -0.3 is 24.6 Å². The first kappa shape index (κ1) is 18.0. The molecule has 0 unspecified atom stereocenters. The zero-order valence-corrected chi connectivity index (χ0v) is 15.4. The number of aromatic nitrogens is 1. The van der Waals surface area contributed by atoms with Gasteiger partial charge in [0.05, 0.1) is 26.1 Å². The molecule has 1 fully saturated rings. The molecule has 0 aliphatic carbocycles. The first-order valence-electron chi connectivity index (χ1n) is 8.54. The molecule has 1 saturated heterocycles. The lowest BCUT2D eigenvalue weighted by molar-refractivity contribution is 0.102. The number of hydrogen-bond donors (Lipinski definition) is 1. The van der Waals surface area contributed by atoms with Gasteiger partial charge in [-0.05, 0) is 31.3 Å². The van der Waals surface area contributed by atoms with E-state index in [4.69, 9.17) is 9.47 Å². The number of carbonyl (C=O) groups is 1. The normalized spacial score (nSPS) is 14.8. The fraction of sp³-hybridized carbons (Fsp3) is 0.368. The lowest BCUT2D eigenvalue weighted by Gasteiger charge is -2.33. The Kier molecular flexibility index (Phi) is 5.58. The summed E-state index contributed by atoms with van der Waals surface area (Å²) < 4.78 is 10.6. The zero-order chi connectivity index (χ0) is 18.5.